The van der Waals surface area contributed by atoms with E-state index in [-0.39, 0.29) is 17.4 Å². The minimum atomic E-state index is -5.13. The van der Waals surface area contributed by atoms with Gasteiger partial charge in [-0.05, 0) is 67.8 Å². The van der Waals surface area contributed by atoms with Gasteiger partial charge in [0.2, 0.25) is 15.9 Å². The predicted molar refractivity (Wildman–Crippen MR) is 132 cm³/mol. The first-order valence-electron chi connectivity index (χ1n) is 11.5. The molecule has 0 radical (unpaired) electrons. The summed E-state index contributed by atoms with van der Waals surface area (Å²) >= 11 is 0. The number of rotatable bonds is 9. The number of aryl methyl sites for hydroxylation is 1. The average molecular weight is 575 g/mol. The van der Waals surface area contributed by atoms with Crippen molar-refractivity contribution in [2.24, 2.45) is 0 Å². The van der Waals surface area contributed by atoms with Gasteiger partial charge in [0.25, 0.3) is 0 Å². The molecule has 0 fully saturated rings. The summed E-state index contributed by atoms with van der Waals surface area (Å²) in [5.41, 5.74) is -3.07. The number of carbonyl (C=O) groups excluding carboxylic acids is 1. The number of hydrogen-bond acceptors (Lipinski definition) is 4. The summed E-state index contributed by atoms with van der Waals surface area (Å²) in [6, 6.07) is 11.1. The van der Waals surface area contributed by atoms with Crippen LogP contribution in [-0.2, 0) is 33.6 Å². The van der Waals surface area contributed by atoms with Crippen LogP contribution in [0.1, 0.15) is 29.2 Å². The molecule has 6 nitrogen and oxygen atoms in total. The molecule has 3 aromatic carbocycles. The first-order valence-corrected chi connectivity index (χ1v) is 13.0. The zero-order chi connectivity index (χ0) is 29.0. The fourth-order valence-corrected chi connectivity index (χ4v) is 4.94. The smallest absolute Gasteiger partial charge is 0.416 e. The van der Waals surface area contributed by atoms with E-state index in [4.69, 9.17) is 4.74 Å². The van der Waals surface area contributed by atoms with Gasteiger partial charge in [-0.15, -0.1) is 0 Å². The third-order valence-corrected chi connectivity index (χ3v) is 6.98. The standard InChI is InChI=1S/C26H24F6N2O4S/c1-3-38-23-10-9-21(11-16(23)2)39(36,37)34-22(12-17-7-5-4-6-8-17)24(35)33-20-14-18(25(27,28)29)13-19(15-20)26(30,31)32/h4-11,13-15,22,34H,3,12H2,1-2H3,(H,33,35)/t22-/m0/s1. The van der Waals surface area contributed by atoms with Crippen molar-refractivity contribution in [2.45, 2.75) is 43.6 Å². The van der Waals surface area contributed by atoms with Crippen molar-refractivity contribution in [3.8, 4) is 5.75 Å². The molecule has 1 atom stereocenters. The lowest BCUT2D eigenvalue weighted by atomic mass is 10.1. The number of nitrogens with one attached hydrogen (secondary N) is 2. The number of alkyl halides is 6. The van der Waals surface area contributed by atoms with Crippen LogP contribution >= 0.6 is 0 Å². The number of ether oxygens (including phenoxy) is 1. The second-order valence-electron chi connectivity index (χ2n) is 8.51. The van der Waals surface area contributed by atoms with Crippen LogP contribution in [0.2, 0.25) is 0 Å². The summed E-state index contributed by atoms with van der Waals surface area (Å²) in [4.78, 5) is 12.9. The van der Waals surface area contributed by atoms with Gasteiger partial charge in [0.1, 0.15) is 11.8 Å². The molecule has 2 N–H and O–H groups in total. The van der Waals surface area contributed by atoms with E-state index in [2.05, 4.69) is 4.72 Å². The SMILES string of the molecule is CCOc1ccc(S(=O)(=O)N[C@@H](Cc2ccccc2)C(=O)Nc2cc(C(F)(F)F)cc(C(F)(F)F)c2)cc1C. The quantitative estimate of drug-likeness (QED) is 0.309. The summed E-state index contributed by atoms with van der Waals surface area (Å²) in [6.07, 6.45) is -10.5. The van der Waals surface area contributed by atoms with E-state index in [1.54, 1.807) is 44.2 Å². The van der Waals surface area contributed by atoms with Crippen LogP contribution in [0, 0.1) is 6.92 Å². The van der Waals surface area contributed by atoms with E-state index < -0.39 is 51.1 Å². The summed E-state index contributed by atoms with van der Waals surface area (Å²) in [7, 11) is -4.36. The highest BCUT2D eigenvalue weighted by atomic mass is 32.2. The Morgan fingerprint density at radius 3 is 2.00 bits per heavy atom. The molecule has 3 rings (SSSR count). The molecule has 39 heavy (non-hydrogen) atoms. The van der Waals surface area contributed by atoms with Gasteiger partial charge in [-0.2, -0.15) is 31.1 Å². The molecule has 0 saturated carbocycles. The van der Waals surface area contributed by atoms with Crippen molar-refractivity contribution >= 4 is 21.6 Å². The highest BCUT2D eigenvalue weighted by Crippen LogP contribution is 2.37. The Morgan fingerprint density at radius 1 is 0.897 bits per heavy atom. The Balaban J connectivity index is 1.97. The molecule has 0 saturated heterocycles. The van der Waals surface area contributed by atoms with Crippen LogP contribution in [0.3, 0.4) is 0 Å². The van der Waals surface area contributed by atoms with E-state index >= 15 is 0 Å². The number of halogens is 6. The van der Waals surface area contributed by atoms with Crippen molar-refractivity contribution in [1.29, 1.82) is 0 Å². The van der Waals surface area contributed by atoms with Gasteiger partial charge >= 0.3 is 12.4 Å². The summed E-state index contributed by atoms with van der Waals surface area (Å²) in [6.45, 7) is 3.71. The Kier molecular flexibility index (Phi) is 8.96. The fraction of sp³-hybridized carbons (Fsp3) is 0.269. The van der Waals surface area contributed by atoms with Gasteiger partial charge in [0, 0.05) is 5.69 Å². The van der Waals surface area contributed by atoms with Crippen LogP contribution in [0.5, 0.6) is 5.75 Å². The predicted octanol–water partition coefficient (Wildman–Crippen LogP) is 5.96. The second-order valence-corrected chi connectivity index (χ2v) is 10.2. The van der Waals surface area contributed by atoms with Gasteiger partial charge < -0.3 is 10.1 Å². The maximum absolute atomic E-state index is 13.3. The number of hydrogen-bond donors (Lipinski definition) is 2. The molecule has 0 aliphatic heterocycles. The number of anilines is 1. The first kappa shape index (κ1) is 30.0. The van der Waals surface area contributed by atoms with Crippen LogP contribution in [-0.4, -0.2) is 27.0 Å². The molecular formula is C26H24F6N2O4S. The molecule has 0 aliphatic carbocycles. The molecule has 0 aliphatic rings. The lowest BCUT2D eigenvalue weighted by Crippen LogP contribution is -2.45. The average Bonchev–Trinajstić information content (AvgIpc) is 2.84. The van der Waals surface area contributed by atoms with Crippen LogP contribution < -0.4 is 14.8 Å². The third-order valence-electron chi connectivity index (χ3n) is 5.51. The van der Waals surface area contributed by atoms with E-state index in [1.807, 2.05) is 5.32 Å². The van der Waals surface area contributed by atoms with Crippen molar-refractivity contribution in [3.63, 3.8) is 0 Å². The minimum absolute atomic E-state index is 0.0753. The van der Waals surface area contributed by atoms with Crippen LogP contribution in [0.4, 0.5) is 32.0 Å². The summed E-state index contributed by atoms with van der Waals surface area (Å²) in [5, 5.41) is 2.01. The van der Waals surface area contributed by atoms with Gasteiger partial charge in [0.15, 0.2) is 0 Å². The van der Waals surface area contributed by atoms with E-state index in [9.17, 15) is 39.6 Å². The third kappa shape index (κ3) is 7.96. The Morgan fingerprint density at radius 2 is 1.49 bits per heavy atom. The zero-order valence-corrected chi connectivity index (χ0v) is 21.5. The molecule has 0 bridgehead atoms. The summed E-state index contributed by atoms with van der Waals surface area (Å²) in [5.74, 6) is -0.711. The van der Waals surface area contributed by atoms with Gasteiger partial charge in [-0.1, -0.05) is 30.3 Å². The first-order chi connectivity index (χ1) is 18.1. The maximum atomic E-state index is 13.3. The summed E-state index contributed by atoms with van der Waals surface area (Å²) < 4.78 is 113. The number of benzene rings is 3. The van der Waals surface area contributed by atoms with E-state index in [0.717, 1.165) is 0 Å². The number of amides is 1. The van der Waals surface area contributed by atoms with Crippen molar-refractivity contribution in [2.75, 3.05) is 11.9 Å². The molecule has 3 aromatic rings. The topological polar surface area (TPSA) is 84.5 Å². The lowest BCUT2D eigenvalue weighted by molar-refractivity contribution is -0.143. The molecular weight excluding hydrogens is 550 g/mol. The molecule has 0 aromatic heterocycles. The second kappa shape index (κ2) is 11.7. The number of sulfonamides is 1. The largest absolute Gasteiger partial charge is 0.494 e. The lowest BCUT2D eigenvalue weighted by Gasteiger charge is -2.20. The minimum Gasteiger partial charge on any atom is -0.494 e. The van der Waals surface area contributed by atoms with E-state index in [1.165, 1.54) is 18.2 Å². The van der Waals surface area contributed by atoms with Crippen molar-refractivity contribution in [3.05, 3.63) is 89.0 Å². The zero-order valence-electron chi connectivity index (χ0n) is 20.7. The monoisotopic (exact) mass is 574 g/mol. The maximum Gasteiger partial charge on any atom is 0.416 e. The Bertz CT molecular complexity index is 1390. The molecule has 1 amide bonds. The van der Waals surface area contributed by atoms with Gasteiger partial charge in [0.05, 0.1) is 22.6 Å². The normalized spacial score (nSPS) is 13.1. The van der Waals surface area contributed by atoms with Gasteiger partial charge in [-0.25, -0.2) is 8.42 Å². The molecule has 13 heteroatoms. The van der Waals surface area contributed by atoms with Gasteiger partial charge in [-0.3, -0.25) is 4.79 Å². The van der Waals surface area contributed by atoms with Crippen LogP contribution in [0.25, 0.3) is 0 Å². The van der Waals surface area contributed by atoms with E-state index in [0.29, 0.717) is 35.6 Å². The fourth-order valence-electron chi connectivity index (χ4n) is 3.66. The van der Waals surface area contributed by atoms with Crippen molar-refractivity contribution in [1.82, 2.24) is 4.72 Å². The molecule has 0 heterocycles. The number of carbonyl (C=O) groups is 1. The molecule has 0 spiro atoms. The molecule has 210 valence electrons. The van der Waals surface area contributed by atoms with Crippen LogP contribution in [0.15, 0.2) is 71.6 Å². The highest BCUT2D eigenvalue weighted by Gasteiger charge is 2.37. The Labute approximate surface area is 221 Å². The highest BCUT2D eigenvalue weighted by molar-refractivity contribution is 7.89. The Hall–Kier alpha value is -3.58. The molecule has 0 unspecified atom stereocenters. The van der Waals surface area contributed by atoms with Crippen molar-refractivity contribution < 1.29 is 44.3 Å².